The van der Waals surface area contributed by atoms with Crippen molar-refractivity contribution in [2.45, 2.75) is 13.0 Å². The highest BCUT2D eigenvalue weighted by molar-refractivity contribution is 5.80. The molecule has 4 nitrogen and oxygen atoms in total. The van der Waals surface area contributed by atoms with Gasteiger partial charge in [-0.3, -0.25) is 4.98 Å². The van der Waals surface area contributed by atoms with E-state index in [4.69, 9.17) is 4.74 Å². The van der Waals surface area contributed by atoms with Crippen LogP contribution in [0, 0.1) is 12.7 Å². The molecule has 1 heterocycles. The largest absolute Gasteiger partial charge is 0.467 e. The molecule has 1 atom stereocenters. The van der Waals surface area contributed by atoms with Crippen LogP contribution in [0.5, 0.6) is 0 Å². The molecule has 0 aliphatic carbocycles. The molecule has 0 fully saturated rings. The number of aryl methyl sites for hydroxylation is 1. The van der Waals surface area contributed by atoms with Crippen molar-refractivity contribution < 1.29 is 13.9 Å². The summed E-state index contributed by atoms with van der Waals surface area (Å²) in [6.45, 7) is 1.78. The second kappa shape index (κ2) is 6.14. The number of benzene rings is 1. The Balaban J connectivity index is 2.31. The predicted octanol–water partition coefficient (Wildman–Crippen LogP) is 2.86. The molecule has 0 spiro atoms. The van der Waals surface area contributed by atoms with E-state index in [1.165, 1.54) is 19.2 Å². The van der Waals surface area contributed by atoms with Gasteiger partial charge in [0.1, 0.15) is 5.82 Å². The standard InChI is InChI=1S/C15H15FN2O2/c1-10-6-12(16)8-13(7-10)18-14(15(19)20-2)11-4-3-5-17-9-11/h3-9,14,18H,1-2H3. The number of pyridine rings is 1. The molecule has 1 aromatic carbocycles. The first-order valence-electron chi connectivity index (χ1n) is 6.11. The van der Waals surface area contributed by atoms with Crippen LogP contribution in [0.4, 0.5) is 10.1 Å². The zero-order valence-electron chi connectivity index (χ0n) is 11.3. The number of hydrogen-bond donors (Lipinski definition) is 1. The zero-order chi connectivity index (χ0) is 14.5. The number of halogens is 1. The van der Waals surface area contributed by atoms with Crippen molar-refractivity contribution in [2.24, 2.45) is 0 Å². The van der Waals surface area contributed by atoms with Gasteiger partial charge in [-0.2, -0.15) is 0 Å². The Morgan fingerprint density at radius 1 is 1.40 bits per heavy atom. The van der Waals surface area contributed by atoms with Gasteiger partial charge in [-0.25, -0.2) is 9.18 Å². The van der Waals surface area contributed by atoms with Crippen LogP contribution in [0.25, 0.3) is 0 Å². The third-order valence-electron chi connectivity index (χ3n) is 2.81. The fourth-order valence-corrected chi connectivity index (χ4v) is 1.93. The van der Waals surface area contributed by atoms with Gasteiger partial charge in [0.2, 0.25) is 0 Å². The number of aromatic nitrogens is 1. The Hall–Kier alpha value is -2.43. The fourth-order valence-electron chi connectivity index (χ4n) is 1.93. The predicted molar refractivity (Wildman–Crippen MR) is 73.8 cm³/mol. The van der Waals surface area contributed by atoms with Gasteiger partial charge in [-0.1, -0.05) is 6.07 Å². The number of carbonyl (C=O) groups is 1. The molecule has 0 radical (unpaired) electrons. The Bertz CT molecular complexity index is 582. The van der Waals surface area contributed by atoms with Gasteiger partial charge in [-0.15, -0.1) is 0 Å². The lowest BCUT2D eigenvalue weighted by Gasteiger charge is -2.18. The molecule has 104 valence electrons. The van der Waals surface area contributed by atoms with Gasteiger partial charge in [0.05, 0.1) is 7.11 Å². The average Bonchev–Trinajstić information content (AvgIpc) is 2.44. The highest BCUT2D eigenvalue weighted by Crippen LogP contribution is 2.22. The minimum Gasteiger partial charge on any atom is -0.467 e. The van der Waals surface area contributed by atoms with E-state index in [9.17, 15) is 9.18 Å². The Morgan fingerprint density at radius 3 is 2.80 bits per heavy atom. The molecule has 2 rings (SSSR count). The molecule has 0 amide bonds. The Kier molecular flexibility index (Phi) is 4.30. The van der Waals surface area contributed by atoms with E-state index in [0.29, 0.717) is 11.3 Å². The van der Waals surface area contributed by atoms with Crippen molar-refractivity contribution in [3.8, 4) is 0 Å². The summed E-state index contributed by atoms with van der Waals surface area (Å²) in [4.78, 5) is 15.9. The number of nitrogens with one attached hydrogen (secondary N) is 1. The van der Waals surface area contributed by atoms with Crippen LogP contribution >= 0.6 is 0 Å². The lowest BCUT2D eigenvalue weighted by Crippen LogP contribution is -2.22. The van der Waals surface area contributed by atoms with Gasteiger partial charge in [0.25, 0.3) is 0 Å². The van der Waals surface area contributed by atoms with Gasteiger partial charge >= 0.3 is 5.97 Å². The van der Waals surface area contributed by atoms with Crippen molar-refractivity contribution in [3.05, 3.63) is 59.7 Å². The molecule has 0 aliphatic rings. The number of hydrogen-bond acceptors (Lipinski definition) is 4. The molecule has 2 aromatic rings. The van der Waals surface area contributed by atoms with E-state index in [0.717, 1.165) is 5.56 Å². The SMILES string of the molecule is COC(=O)C(Nc1cc(C)cc(F)c1)c1cccnc1. The van der Waals surface area contributed by atoms with Gasteiger partial charge in [0.15, 0.2) is 6.04 Å². The van der Waals surface area contributed by atoms with Crippen molar-refractivity contribution in [3.63, 3.8) is 0 Å². The van der Waals surface area contributed by atoms with Crippen LogP contribution in [0.1, 0.15) is 17.2 Å². The first-order valence-corrected chi connectivity index (χ1v) is 6.11. The number of methoxy groups -OCH3 is 1. The number of ether oxygens (including phenoxy) is 1. The first kappa shape index (κ1) is 14.0. The van der Waals surface area contributed by atoms with Crippen LogP contribution in [0.15, 0.2) is 42.7 Å². The summed E-state index contributed by atoms with van der Waals surface area (Å²) in [6, 6.07) is 7.27. The lowest BCUT2D eigenvalue weighted by molar-refractivity contribution is -0.141. The van der Waals surface area contributed by atoms with Crippen molar-refractivity contribution in [2.75, 3.05) is 12.4 Å². The molecule has 1 aromatic heterocycles. The second-order valence-corrected chi connectivity index (χ2v) is 4.40. The number of anilines is 1. The first-order chi connectivity index (χ1) is 9.60. The highest BCUT2D eigenvalue weighted by Gasteiger charge is 2.21. The smallest absolute Gasteiger partial charge is 0.333 e. The van der Waals surface area contributed by atoms with E-state index in [-0.39, 0.29) is 5.82 Å². The normalized spacial score (nSPS) is 11.8. The van der Waals surface area contributed by atoms with Gasteiger partial charge in [0, 0.05) is 23.6 Å². The van der Waals surface area contributed by atoms with Crippen molar-refractivity contribution in [1.82, 2.24) is 4.98 Å². The molecule has 0 saturated heterocycles. The second-order valence-electron chi connectivity index (χ2n) is 4.40. The van der Waals surface area contributed by atoms with Crippen LogP contribution in [0.2, 0.25) is 0 Å². The highest BCUT2D eigenvalue weighted by atomic mass is 19.1. The average molecular weight is 274 g/mol. The summed E-state index contributed by atoms with van der Waals surface area (Å²) < 4.78 is 18.2. The van der Waals surface area contributed by atoms with Gasteiger partial charge < -0.3 is 10.1 Å². The molecular formula is C15H15FN2O2. The Labute approximate surface area is 116 Å². The summed E-state index contributed by atoms with van der Waals surface area (Å²) in [5.74, 6) is -0.817. The quantitative estimate of drug-likeness (QED) is 0.871. The summed E-state index contributed by atoms with van der Waals surface area (Å²) >= 11 is 0. The summed E-state index contributed by atoms with van der Waals surface area (Å²) in [7, 11) is 1.31. The number of rotatable bonds is 4. The molecule has 0 aliphatic heterocycles. The van der Waals surface area contributed by atoms with Crippen LogP contribution < -0.4 is 5.32 Å². The Morgan fingerprint density at radius 2 is 2.20 bits per heavy atom. The summed E-state index contributed by atoms with van der Waals surface area (Å²) in [5.41, 5.74) is 1.94. The van der Waals surface area contributed by atoms with Crippen LogP contribution in [-0.2, 0) is 9.53 Å². The van der Waals surface area contributed by atoms with E-state index in [1.54, 1.807) is 37.5 Å². The maximum atomic E-state index is 13.4. The molecule has 1 unspecified atom stereocenters. The molecule has 20 heavy (non-hydrogen) atoms. The molecule has 5 heteroatoms. The van der Waals surface area contributed by atoms with Crippen LogP contribution in [0.3, 0.4) is 0 Å². The summed E-state index contributed by atoms with van der Waals surface area (Å²) in [5, 5.41) is 2.97. The lowest BCUT2D eigenvalue weighted by atomic mass is 10.1. The third-order valence-corrected chi connectivity index (χ3v) is 2.81. The topological polar surface area (TPSA) is 51.2 Å². The van der Waals surface area contributed by atoms with E-state index in [2.05, 4.69) is 10.3 Å². The van der Waals surface area contributed by atoms with E-state index < -0.39 is 12.0 Å². The molecule has 1 N–H and O–H groups in total. The van der Waals surface area contributed by atoms with E-state index >= 15 is 0 Å². The fraction of sp³-hybridized carbons (Fsp3) is 0.200. The number of carbonyl (C=O) groups excluding carboxylic acids is 1. The van der Waals surface area contributed by atoms with Crippen molar-refractivity contribution >= 4 is 11.7 Å². The minimum absolute atomic E-state index is 0.359. The molecule has 0 saturated carbocycles. The maximum absolute atomic E-state index is 13.4. The number of esters is 1. The molecule has 0 bridgehead atoms. The minimum atomic E-state index is -0.727. The van der Waals surface area contributed by atoms with Crippen LogP contribution in [-0.4, -0.2) is 18.1 Å². The van der Waals surface area contributed by atoms with Gasteiger partial charge in [-0.05, 0) is 36.8 Å². The monoisotopic (exact) mass is 274 g/mol. The maximum Gasteiger partial charge on any atom is 0.333 e. The zero-order valence-corrected chi connectivity index (χ0v) is 11.3. The van der Waals surface area contributed by atoms with E-state index in [1.807, 2.05) is 0 Å². The molecular weight excluding hydrogens is 259 g/mol. The number of nitrogens with zero attached hydrogens (tertiary/aromatic N) is 1. The third kappa shape index (κ3) is 3.32. The van der Waals surface area contributed by atoms with Crippen molar-refractivity contribution in [1.29, 1.82) is 0 Å². The summed E-state index contributed by atoms with van der Waals surface area (Å²) in [6.07, 6.45) is 3.19.